The molecule has 0 saturated carbocycles. The van der Waals surface area contributed by atoms with Crippen LogP contribution in [0.3, 0.4) is 0 Å². The van der Waals surface area contributed by atoms with E-state index in [4.69, 9.17) is 9.84 Å². The number of ether oxygens (including phenoxy) is 1. The third-order valence-corrected chi connectivity index (χ3v) is 3.15. The average Bonchev–Trinajstić information content (AvgIpc) is 2.35. The van der Waals surface area contributed by atoms with Gasteiger partial charge in [-0.25, -0.2) is 0 Å². The van der Waals surface area contributed by atoms with Crippen LogP contribution < -0.4 is 4.74 Å². The Labute approximate surface area is 121 Å². The molecule has 0 aromatic heterocycles. The lowest BCUT2D eigenvalue weighted by molar-refractivity contribution is -0.137. The minimum Gasteiger partial charge on any atom is -0.494 e. The smallest absolute Gasteiger partial charge is 0.304 e. The molecule has 1 N–H and O–H groups in total. The summed E-state index contributed by atoms with van der Waals surface area (Å²) in [7, 11) is 0. The maximum atomic E-state index is 10.8. The summed E-state index contributed by atoms with van der Waals surface area (Å²) in [6, 6.07) is 7.97. The molecule has 0 fully saturated rings. The Hall–Kier alpha value is -1.55. The summed E-state index contributed by atoms with van der Waals surface area (Å²) in [5.74, 6) is 0.107. The SMILES string of the molecule is CCOc1ccc(CN(CCC(=O)O)C(C)(C)C)cc1. The van der Waals surface area contributed by atoms with Crippen molar-refractivity contribution in [2.45, 2.75) is 46.2 Å². The topological polar surface area (TPSA) is 49.8 Å². The van der Waals surface area contributed by atoms with E-state index in [1.807, 2.05) is 31.2 Å². The van der Waals surface area contributed by atoms with Crippen LogP contribution in [0.1, 0.15) is 39.7 Å². The summed E-state index contributed by atoms with van der Waals surface area (Å²) in [6.07, 6.45) is 0.161. The van der Waals surface area contributed by atoms with Crippen molar-refractivity contribution in [2.75, 3.05) is 13.2 Å². The van der Waals surface area contributed by atoms with Gasteiger partial charge in [0.15, 0.2) is 0 Å². The third-order valence-electron chi connectivity index (χ3n) is 3.15. The zero-order chi connectivity index (χ0) is 15.2. The molecule has 112 valence electrons. The molecule has 0 amide bonds. The molecule has 0 aliphatic rings. The number of benzene rings is 1. The fourth-order valence-electron chi connectivity index (χ4n) is 1.96. The second-order valence-electron chi connectivity index (χ2n) is 5.81. The Kier molecular flexibility index (Phi) is 6.02. The summed E-state index contributed by atoms with van der Waals surface area (Å²) < 4.78 is 5.42. The molecule has 0 unspecified atom stereocenters. The molecule has 0 spiro atoms. The van der Waals surface area contributed by atoms with E-state index in [0.29, 0.717) is 13.2 Å². The van der Waals surface area contributed by atoms with Crippen LogP contribution in [0.5, 0.6) is 5.75 Å². The third kappa shape index (κ3) is 5.61. The molecule has 0 bridgehead atoms. The first-order chi connectivity index (χ1) is 9.32. The van der Waals surface area contributed by atoms with Crippen LogP contribution in [0.25, 0.3) is 0 Å². The number of carboxylic acid groups (broad SMARTS) is 1. The van der Waals surface area contributed by atoms with Gasteiger partial charge in [0.1, 0.15) is 5.75 Å². The molecule has 20 heavy (non-hydrogen) atoms. The van der Waals surface area contributed by atoms with E-state index in [2.05, 4.69) is 25.7 Å². The van der Waals surface area contributed by atoms with Gasteiger partial charge in [-0.05, 0) is 45.4 Å². The summed E-state index contributed by atoms with van der Waals surface area (Å²) in [4.78, 5) is 12.9. The number of hydrogen-bond donors (Lipinski definition) is 1. The van der Waals surface area contributed by atoms with Crippen molar-refractivity contribution >= 4 is 5.97 Å². The predicted octanol–water partition coefficient (Wildman–Crippen LogP) is 3.16. The molecular weight excluding hydrogens is 254 g/mol. The summed E-state index contributed by atoms with van der Waals surface area (Å²) in [5, 5.41) is 8.85. The fourth-order valence-corrected chi connectivity index (χ4v) is 1.96. The molecule has 0 saturated heterocycles. The van der Waals surface area contributed by atoms with Crippen molar-refractivity contribution in [1.29, 1.82) is 0 Å². The second kappa shape index (κ2) is 7.29. The minimum atomic E-state index is -0.758. The Morgan fingerprint density at radius 1 is 1.25 bits per heavy atom. The van der Waals surface area contributed by atoms with Crippen LogP contribution >= 0.6 is 0 Å². The lowest BCUT2D eigenvalue weighted by Gasteiger charge is -2.35. The number of carboxylic acids is 1. The fraction of sp³-hybridized carbons (Fsp3) is 0.562. The van der Waals surface area contributed by atoms with Gasteiger partial charge in [-0.2, -0.15) is 0 Å². The summed E-state index contributed by atoms with van der Waals surface area (Å²) >= 11 is 0. The number of carbonyl (C=O) groups is 1. The molecule has 0 heterocycles. The zero-order valence-corrected chi connectivity index (χ0v) is 12.8. The average molecular weight is 279 g/mol. The zero-order valence-electron chi connectivity index (χ0n) is 12.8. The van der Waals surface area contributed by atoms with Gasteiger partial charge in [0.05, 0.1) is 13.0 Å². The van der Waals surface area contributed by atoms with Crippen molar-refractivity contribution in [3.05, 3.63) is 29.8 Å². The maximum Gasteiger partial charge on any atom is 0.304 e. The van der Waals surface area contributed by atoms with Gasteiger partial charge in [-0.3, -0.25) is 9.69 Å². The van der Waals surface area contributed by atoms with E-state index in [0.717, 1.165) is 17.9 Å². The van der Waals surface area contributed by atoms with Crippen LogP contribution in [-0.4, -0.2) is 34.7 Å². The number of nitrogens with zero attached hydrogens (tertiary/aromatic N) is 1. The van der Waals surface area contributed by atoms with E-state index in [-0.39, 0.29) is 12.0 Å². The van der Waals surface area contributed by atoms with Gasteiger partial charge in [0, 0.05) is 18.6 Å². The van der Waals surface area contributed by atoms with E-state index in [9.17, 15) is 4.79 Å². The van der Waals surface area contributed by atoms with Crippen LogP contribution in [0, 0.1) is 0 Å². The standard InChI is InChI=1S/C16H25NO3/c1-5-20-14-8-6-13(7-9-14)12-17(16(2,3)4)11-10-15(18)19/h6-9H,5,10-12H2,1-4H3,(H,18,19). The van der Waals surface area contributed by atoms with Crippen LogP contribution in [-0.2, 0) is 11.3 Å². The van der Waals surface area contributed by atoms with E-state index >= 15 is 0 Å². The second-order valence-corrected chi connectivity index (χ2v) is 5.81. The normalized spacial score (nSPS) is 11.7. The van der Waals surface area contributed by atoms with Gasteiger partial charge in [-0.1, -0.05) is 12.1 Å². The molecule has 1 aromatic carbocycles. The Bertz CT molecular complexity index is 420. The first-order valence-corrected chi connectivity index (χ1v) is 7.01. The van der Waals surface area contributed by atoms with Gasteiger partial charge in [0.2, 0.25) is 0 Å². The summed E-state index contributed by atoms with van der Waals surface area (Å²) in [5.41, 5.74) is 1.10. The first kappa shape index (κ1) is 16.5. The van der Waals surface area contributed by atoms with E-state index < -0.39 is 5.97 Å². The number of rotatable bonds is 7. The van der Waals surface area contributed by atoms with Gasteiger partial charge in [0.25, 0.3) is 0 Å². The summed E-state index contributed by atoms with van der Waals surface area (Å²) in [6.45, 7) is 10.2. The molecule has 4 nitrogen and oxygen atoms in total. The highest BCUT2D eigenvalue weighted by Crippen LogP contribution is 2.19. The van der Waals surface area contributed by atoms with Crippen LogP contribution in [0.2, 0.25) is 0 Å². The Morgan fingerprint density at radius 2 is 1.85 bits per heavy atom. The molecular formula is C16H25NO3. The first-order valence-electron chi connectivity index (χ1n) is 7.01. The van der Waals surface area contributed by atoms with Crippen LogP contribution in [0.15, 0.2) is 24.3 Å². The van der Waals surface area contributed by atoms with Crippen LogP contribution in [0.4, 0.5) is 0 Å². The lowest BCUT2D eigenvalue weighted by Crippen LogP contribution is -2.41. The monoisotopic (exact) mass is 279 g/mol. The van der Waals surface area contributed by atoms with Crippen molar-refractivity contribution in [2.24, 2.45) is 0 Å². The van der Waals surface area contributed by atoms with Crippen molar-refractivity contribution in [3.63, 3.8) is 0 Å². The molecule has 1 rings (SSSR count). The minimum absolute atomic E-state index is 0.0615. The molecule has 0 atom stereocenters. The Balaban J connectivity index is 2.71. The highest BCUT2D eigenvalue weighted by molar-refractivity contribution is 5.66. The Morgan fingerprint density at radius 3 is 2.30 bits per heavy atom. The molecule has 0 radical (unpaired) electrons. The molecule has 4 heteroatoms. The largest absolute Gasteiger partial charge is 0.494 e. The van der Waals surface area contributed by atoms with E-state index in [1.54, 1.807) is 0 Å². The van der Waals surface area contributed by atoms with Gasteiger partial charge in [-0.15, -0.1) is 0 Å². The lowest BCUT2D eigenvalue weighted by atomic mass is 10.0. The van der Waals surface area contributed by atoms with Crippen molar-refractivity contribution in [3.8, 4) is 5.75 Å². The number of hydrogen-bond acceptors (Lipinski definition) is 3. The predicted molar refractivity (Wildman–Crippen MR) is 80.0 cm³/mol. The quantitative estimate of drug-likeness (QED) is 0.833. The van der Waals surface area contributed by atoms with E-state index in [1.165, 1.54) is 0 Å². The van der Waals surface area contributed by atoms with Crippen molar-refractivity contribution < 1.29 is 14.6 Å². The highest BCUT2D eigenvalue weighted by Gasteiger charge is 2.21. The number of aliphatic carboxylic acids is 1. The van der Waals surface area contributed by atoms with Crippen molar-refractivity contribution in [1.82, 2.24) is 4.90 Å². The highest BCUT2D eigenvalue weighted by atomic mass is 16.5. The molecule has 0 aliphatic carbocycles. The maximum absolute atomic E-state index is 10.8. The van der Waals surface area contributed by atoms with Gasteiger partial charge < -0.3 is 9.84 Å². The molecule has 1 aromatic rings. The molecule has 0 aliphatic heterocycles. The van der Waals surface area contributed by atoms with Gasteiger partial charge >= 0.3 is 5.97 Å².